The SMILES string of the molecule is CC(c1ccnc(NC(=O)c2ccc(F)cc2)c1)C1(C(C)c2ccnc(NC(=O)c3ccc(F)cc3)c2)NC(=O)N(c2ccc(OC(F)(F)F)cc2)C1=O. The second kappa shape index (κ2) is 14.7. The van der Waals surface area contributed by atoms with Crippen molar-refractivity contribution in [2.75, 3.05) is 15.5 Å². The van der Waals surface area contributed by atoms with Gasteiger partial charge in [0, 0.05) is 35.4 Å². The summed E-state index contributed by atoms with van der Waals surface area (Å²) < 4.78 is 69.3. The number of benzene rings is 3. The molecule has 0 saturated carbocycles. The smallest absolute Gasteiger partial charge is 0.406 e. The van der Waals surface area contributed by atoms with E-state index >= 15 is 0 Å². The van der Waals surface area contributed by atoms with Crippen molar-refractivity contribution in [3.8, 4) is 5.75 Å². The highest BCUT2D eigenvalue weighted by Gasteiger charge is 2.58. The minimum Gasteiger partial charge on any atom is -0.406 e. The minimum absolute atomic E-state index is 0.0442. The third kappa shape index (κ3) is 7.72. The summed E-state index contributed by atoms with van der Waals surface area (Å²) in [6.45, 7) is 3.33. The number of pyridine rings is 2. The van der Waals surface area contributed by atoms with E-state index in [0.29, 0.717) is 11.1 Å². The summed E-state index contributed by atoms with van der Waals surface area (Å²) in [5.74, 6) is -5.15. The first-order chi connectivity index (χ1) is 25.6. The van der Waals surface area contributed by atoms with E-state index in [1.165, 1.54) is 48.8 Å². The maximum Gasteiger partial charge on any atom is 0.573 e. The number of ether oxygens (including phenoxy) is 1. The molecule has 11 nitrogen and oxygen atoms in total. The molecule has 54 heavy (non-hydrogen) atoms. The van der Waals surface area contributed by atoms with E-state index in [2.05, 4.69) is 30.7 Å². The minimum atomic E-state index is -4.97. The second-order valence-electron chi connectivity index (χ2n) is 12.3. The summed E-state index contributed by atoms with van der Waals surface area (Å²) in [6.07, 6.45) is -2.19. The van der Waals surface area contributed by atoms with Gasteiger partial charge in [0.15, 0.2) is 0 Å². The largest absolute Gasteiger partial charge is 0.573 e. The monoisotopic (exact) mass is 744 g/mol. The van der Waals surface area contributed by atoms with E-state index in [1.807, 2.05) is 0 Å². The zero-order chi connectivity index (χ0) is 38.8. The van der Waals surface area contributed by atoms with Crippen LogP contribution in [0.4, 0.5) is 44.1 Å². The van der Waals surface area contributed by atoms with Crippen molar-refractivity contribution in [2.45, 2.75) is 37.6 Å². The molecule has 2 atom stereocenters. The highest BCUT2D eigenvalue weighted by atomic mass is 19.4. The molecule has 6 rings (SSSR count). The molecule has 276 valence electrons. The number of aromatic nitrogens is 2. The van der Waals surface area contributed by atoms with Crippen LogP contribution in [0.2, 0.25) is 0 Å². The van der Waals surface area contributed by atoms with Crippen molar-refractivity contribution in [3.63, 3.8) is 0 Å². The van der Waals surface area contributed by atoms with Crippen LogP contribution in [0.3, 0.4) is 0 Å². The molecule has 0 aliphatic carbocycles. The van der Waals surface area contributed by atoms with Gasteiger partial charge in [0.2, 0.25) is 0 Å². The van der Waals surface area contributed by atoms with Gasteiger partial charge in [0.25, 0.3) is 17.7 Å². The third-order valence-corrected chi connectivity index (χ3v) is 9.03. The first kappa shape index (κ1) is 37.1. The Morgan fingerprint density at radius 3 is 1.59 bits per heavy atom. The van der Waals surface area contributed by atoms with E-state index in [9.17, 15) is 41.1 Å². The number of anilines is 3. The number of hydrogen-bond acceptors (Lipinski definition) is 7. The lowest BCUT2D eigenvalue weighted by molar-refractivity contribution is -0.274. The molecule has 5 amide bonds. The van der Waals surface area contributed by atoms with E-state index in [1.54, 1.807) is 26.0 Å². The number of alkyl halides is 3. The maximum atomic E-state index is 14.7. The molecule has 1 aliphatic heterocycles. The van der Waals surface area contributed by atoms with Gasteiger partial charge in [-0.1, -0.05) is 13.8 Å². The number of carbonyl (C=O) groups excluding carboxylic acids is 4. The average Bonchev–Trinajstić information content (AvgIpc) is 3.41. The first-order valence-electron chi connectivity index (χ1n) is 16.2. The lowest BCUT2D eigenvalue weighted by Crippen LogP contribution is -2.55. The molecule has 3 aromatic carbocycles. The number of imide groups is 1. The van der Waals surface area contributed by atoms with Crippen LogP contribution >= 0.6 is 0 Å². The second-order valence-corrected chi connectivity index (χ2v) is 12.3. The Labute approximate surface area is 304 Å². The molecule has 3 N–H and O–H groups in total. The lowest BCUT2D eigenvalue weighted by atomic mass is 9.70. The highest BCUT2D eigenvalue weighted by Crippen LogP contribution is 2.45. The van der Waals surface area contributed by atoms with E-state index in [4.69, 9.17) is 0 Å². The summed E-state index contributed by atoms with van der Waals surface area (Å²) >= 11 is 0. The maximum absolute atomic E-state index is 14.7. The van der Waals surface area contributed by atoms with E-state index in [0.717, 1.165) is 53.4 Å². The number of carbonyl (C=O) groups is 4. The summed E-state index contributed by atoms with van der Waals surface area (Å²) in [5, 5.41) is 8.12. The Hall–Kier alpha value is -6.71. The van der Waals surface area contributed by atoms with Crippen molar-refractivity contribution >= 4 is 41.1 Å². The van der Waals surface area contributed by atoms with Crippen LogP contribution in [-0.2, 0) is 4.79 Å². The molecule has 2 aromatic heterocycles. The van der Waals surface area contributed by atoms with Crippen LogP contribution in [0.25, 0.3) is 0 Å². The van der Waals surface area contributed by atoms with Crippen LogP contribution in [0, 0.1) is 11.6 Å². The number of urea groups is 1. The summed E-state index contributed by atoms with van der Waals surface area (Å²) in [4.78, 5) is 63.5. The number of nitrogens with one attached hydrogen (secondary N) is 3. The van der Waals surface area contributed by atoms with Gasteiger partial charge in [-0.15, -0.1) is 13.2 Å². The predicted molar refractivity (Wildman–Crippen MR) is 186 cm³/mol. The molecule has 0 bridgehead atoms. The molecule has 0 spiro atoms. The number of hydrogen-bond donors (Lipinski definition) is 3. The quantitative estimate of drug-likeness (QED) is 0.0990. The van der Waals surface area contributed by atoms with Gasteiger partial charge >= 0.3 is 12.4 Å². The van der Waals surface area contributed by atoms with Gasteiger partial charge in [-0.3, -0.25) is 14.4 Å². The first-order valence-corrected chi connectivity index (χ1v) is 16.2. The fraction of sp³-hybridized carbons (Fsp3) is 0.158. The molecule has 5 aromatic rings. The highest BCUT2D eigenvalue weighted by molar-refractivity contribution is 6.24. The van der Waals surface area contributed by atoms with E-state index < -0.39 is 64.9 Å². The molecule has 1 fully saturated rings. The van der Waals surface area contributed by atoms with Gasteiger partial charge in [-0.25, -0.2) is 28.4 Å². The summed E-state index contributed by atoms with van der Waals surface area (Å²) in [5.41, 5.74) is -0.650. The number of amides is 5. The van der Waals surface area contributed by atoms with Crippen LogP contribution < -0.4 is 25.6 Å². The normalized spacial score (nSPS) is 16.7. The predicted octanol–water partition coefficient (Wildman–Crippen LogP) is 7.56. The average molecular weight is 745 g/mol. The molecule has 1 aliphatic rings. The van der Waals surface area contributed by atoms with Gasteiger partial charge in [-0.05, 0) is 108 Å². The molecule has 2 unspecified atom stereocenters. The fourth-order valence-corrected chi connectivity index (χ4v) is 6.23. The Bertz CT molecular complexity index is 2110. The van der Waals surface area contributed by atoms with Gasteiger partial charge in [0.1, 0.15) is 34.6 Å². The van der Waals surface area contributed by atoms with Crippen LogP contribution in [-0.4, -0.2) is 45.6 Å². The van der Waals surface area contributed by atoms with Crippen molar-refractivity contribution in [2.24, 2.45) is 0 Å². The van der Waals surface area contributed by atoms with Crippen LogP contribution in [0.1, 0.15) is 57.5 Å². The molecule has 16 heteroatoms. The Balaban J connectivity index is 1.36. The fourth-order valence-electron chi connectivity index (χ4n) is 6.23. The van der Waals surface area contributed by atoms with Crippen molar-refractivity contribution in [3.05, 3.63) is 143 Å². The standard InChI is InChI=1S/C38H29F5N6O5/c1-21(25-15-17-44-31(19-25)46-33(50)23-3-7-27(39)8-4-23)37(35(52)49(36(53)48-37)29-11-13-30(14-12-29)54-38(41,42)43)22(2)26-16-18-45-32(20-26)47-34(51)24-5-9-28(40)10-6-24/h3-22H,1-2H3,(H,48,53)(H,44,46,50)(H,45,47,51). The Kier molecular flexibility index (Phi) is 10.1. The van der Waals surface area contributed by atoms with Crippen LogP contribution in [0.5, 0.6) is 5.75 Å². The lowest BCUT2D eigenvalue weighted by Gasteiger charge is -2.39. The van der Waals surface area contributed by atoms with E-state index in [-0.39, 0.29) is 28.5 Å². The van der Waals surface area contributed by atoms with Crippen molar-refractivity contribution < 1.29 is 45.9 Å². The molecule has 1 saturated heterocycles. The number of halogens is 5. The van der Waals surface area contributed by atoms with Crippen LogP contribution in [0.15, 0.2) is 109 Å². The van der Waals surface area contributed by atoms with Gasteiger partial charge < -0.3 is 20.7 Å². The van der Waals surface area contributed by atoms with Crippen molar-refractivity contribution in [1.82, 2.24) is 15.3 Å². The number of rotatable bonds is 10. The topological polar surface area (TPSA) is 143 Å². The zero-order valence-corrected chi connectivity index (χ0v) is 28.3. The summed E-state index contributed by atoms with van der Waals surface area (Å²) in [6, 6.07) is 19.2. The molecule has 0 radical (unpaired) electrons. The summed E-state index contributed by atoms with van der Waals surface area (Å²) in [7, 11) is 0. The Morgan fingerprint density at radius 1 is 0.722 bits per heavy atom. The van der Waals surface area contributed by atoms with Gasteiger partial charge in [-0.2, -0.15) is 0 Å². The third-order valence-electron chi connectivity index (χ3n) is 9.03. The molecular weight excluding hydrogens is 715 g/mol. The Morgan fingerprint density at radius 2 is 1.17 bits per heavy atom. The molecule has 3 heterocycles. The molecular formula is C38H29F5N6O5. The number of nitrogens with zero attached hydrogens (tertiary/aromatic N) is 3. The zero-order valence-electron chi connectivity index (χ0n) is 28.3. The van der Waals surface area contributed by atoms with Crippen molar-refractivity contribution in [1.29, 1.82) is 0 Å². The van der Waals surface area contributed by atoms with Gasteiger partial charge in [0.05, 0.1) is 5.69 Å².